The summed E-state index contributed by atoms with van der Waals surface area (Å²) < 4.78 is 27.3. The largest absolute Gasteiger partial charge is 0.321 e. The Morgan fingerprint density at radius 2 is 1.47 bits per heavy atom. The Bertz CT molecular complexity index is 1310. The van der Waals surface area contributed by atoms with Crippen LogP contribution in [0.1, 0.15) is 10.4 Å². The lowest BCUT2D eigenvalue weighted by Crippen LogP contribution is -2.26. The molecular weight excluding hydrogens is 396 g/mol. The van der Waals surface area contributed by atoms with E-state index in [4.69, 9.17) is 0 Å². The molecule has 4 rings (SSSR count). The topological polar surface area (TPSA) is 66.5 Å². The summed E-state index contributed by atoms with van der Waals surface area (Å²) in [5, 5.41) is 4.82. The van der Waals surface area contributed by atoms with Crippen LogP contribution in [0.5, 0.6) is 0 Å². The summed E-state index contributed by atoms with van der Waals surface area (Å²) in [5.41, 5.74) is 1.49. The van der Waals surface area contributed by atoms with Crippen LogP contribution in [-0.2, 0) is 10.0 Å². The standard InChI is InChI=1S/C24H20N2O3S/c1-26(20-12-3-2-4-13-20)30(28,29)21-14-7-11-19(17-21)24(27)25-23-16-8-10-18-9-5-6-15-22(18)23/h2-17H,1H3,(H,25,27). The van der Waals surface area contributed by atoms with E-state index in [-0.39, 0.29) is 16.4 Å². The zero-order valence-corrected chi connectivity index (χ0v) is 17.1. The van der Waals surface area contributed by atoms with E-state index in [1.54, 1.807) is 36.4 Å². The van der Waals surface area contributed by atoms with Crippen LogP contribution in [0.25, 0.3) is 10.8 Å². The van der Waals surface area contributed by atoms with Gasteiger partial charge in [0.2, 0.25) is 0 Å². The van der Waals surface area contributed by atoms with Crippen molar-refractivity contribution in [2.24, 2.45) is 0 Å². The minimum absolute atomic E-state index is 0.0550. The molecule has 0 saturated carbocycles. The Morgan fingerprint density at radius 3 is 2.27 bits per heavy atom. The molecule has 4 aromatic carbocycles. The fraction of sp³-hybridized carbons (Fsp3) is 0.0417. The number of anilines is 2. The van der Waals surface area contributed by atoms with Crippen molar-refractivity contribution in [3.63, 3.8) is 0 Å². The quantitative estimate of drug-likeness (QED) is 0.502. The third kappa shape index (κ3) is 3.77. The Kier molecular flexibility index (Phi) is 5.25. The molecule has 0 radical (unpaired) electrons. The van der Waals surface area contributed by atoms with Crippen molar-refractivity contribution in [1.29, 1.82) is 0 Å². The van der Waals surface area contributed by atoms with Gasteiger partial charge in [-0.25, -0.2) is 8.42 Å². The second kappa shape index (κ2) is 8.00. The number of hydrogen-bond donors (Lipinski definition) is 1. The molecule has 1 amide bonds. The van der Waals surface area contributed by atoms with Crippen molar-refractivity contribution in [3.05, 3.63) is 103 Å². The number of fused-ring (bicyclic) bond motifs is 1. The number of sulfonamides is 1. The third-order valence-electron chi connectivity index (χ3n) is 4.91. The van der Waals surface area contributed by atoms with Gasteiger partial charge < -0.3 is 5.32 Å². The van der Waals surface area contributed by atoms with Crippen LogP contribution in [0.15, 0.2) is 102 Å². The smallest absolute Gasteiger partial charge is 0.264 e. The molecule has 0 saturated heterocycles. The molecule has 0 spiro atoms. The number of benzene rings is 4. The minimum Gasteiger partial charge on any atom is -0.321 e. The normalized spacial score (nSPS) is 11.2. The zero-order valence-electron chi connectivity index (χ0n) is 16.3. The summed E-state index contributed by atoms with van der Waals surface area (Å²) in [6.07, 6.45) is 0. The van der Waals surface area contributed by atoms with Gasteiger partial charge in [0, 0.05) is 23.7 Å². The molecule has 4 aromatic rings. The van der Waals surface area contributed by atoms with Crippen molar-refractivity contribution in [2.75, 3.05) is 16.7 Å². The fourth-order valence-electron chi connectivity index (χ4n) is 3.26. The number of carbonyl (C=O) groups excluding carboxylic acids is 1. The SMILES string of the molecule is CN(c1ccccc1)S(=O)(=O)c1cccc(C(=O)Nc2cccc3ccccc23)c1. The monoisotopic (exact) mass is 416 g/mol. The van der Waals surface area contributed by atoms with E-state index in [2.05, 4.69) is 5.32 Å². The molecule has 0 atom stereocenters. The third-order valence-corrected chi connectivity index (χ3v) is 6.69. The first-order valence-corrected chi connectivity index (χ1v) is 10.8. The molecule has 0 unspecified atom stereocenters. The van der Waals surface area contributed by atoms with Gasteiger partial charge in [-0.2, -0.15) is 0 Å². The fourth-order valence-corrected chi connectivity index (χ4v) is 4.50. The number of rotatable bonds is 5. The molecule has 1 N–H and O–H groups in total. The molecule has 0 heterocycles. The van der Waals surface area contributed by atoms with Crippen molar-refractivity contribution in [1.82, 2.24) is 0 Å². The molecule has 5 nitrogen and oxygen atoms in total. The average molecular weight is 417 g/mol. The number of hydrogen-bond acceptors (Lipinski definition) is 3. The summed E-state index contributed by atoms with van der Waals surface area (Å²) in [7, 11) is -2.31. The molecule has 0 aliphatic carbocycles. The van der Waals surface area contributed by atoms with Crippen LogP contribution in [0, 0.1) is 0 Å². The van der Waals surface area contributed by atoms with Gasteiger partial charge in [-0.3, -0.25) is 9.10 Å². The summed E-state index contributed by atoms with van der Waals surface area (Å²) in [6, 6.07) is 28.3. The van der Waals surface area contributed by atoms with Crippen LogP contribution in [0.2, 0.25) is 0 Å². The second-order valence-corrected chi connectivity index (χ2v) is 8.79. The molecule has 150 valence electrons. The zero-order chi connectivity index (χ0) is 21.1. The van der Waals surface area contributed by atoms with Crippen molar-refractivity contribution < 1.29 is 13.2 Å². The predicted octanol–water partition coefficient (Wildman–Crippen LogP) is 4.92. The van der Waals surface area contributed by atoms with Crippen LogP contribution < -0.4 is 9.62 Å². The Morgan fingerprint density at radius 1 is 0.800 bits per heavy atom. The van der Waals surface area contributed by atoms with E-state index in [1.165, 1.54) is 23.5 Å². The average Bonchev–Trinajstić information content (AvgIpc) is 2.79. The van der Waals surface area contributed by atoms with Gasteiger partial charge in [-0.1, -0.05) is 60.7 Å². The number of nitrogens with zero attached hydrogens (tertiary/aromatic N) is 1. The van der Waals surface area contributed by atoms with Gasteiger partial charge in [0.25, 0.3) is 15.9 Å². The molecule has 30 heavy (non-hydrogen) atoms. The van der Waals surface area contributed by atoms with Crippen molar-refractivity contribution in [3.8, 4) is 0 Å². The van der Waals surface area contributed by atoms with E-state index < -0.39 is 10.0 Å². The van der Waals surface area contributed by atoms with E-state index in [0.29, 0.717) is 11.4 Å². The molecule has 0 aromatic heterocycles. The van der Waals surface area contributed by atoms with E-state index in [1.807, 2.05) is 48.5 Å². The minimum atomic E-state index is -3.80. The summed E-state index contributed by atoms with van der Waals surface area (Å²) in [5.74, 6) is -0.370. The molecule has 0 aliphatic rings. The number of carbonyl (C=O) groups is 1. The van der Waals surface area contributed by atoms with Gasteiger partial charge in [-0.15, -0.1) is 0 Å². The van der Waals surface area contributed by atoms with Gasteiger partial charge >= 0.3 is 0 Å². The molecule has 0 aliphatic heterocycles. The Balaban J connectivity index is 1.64. The van der Waals surface area contributed by atoms with Gasteiger partial charge in [0.1, 0.15) is 0 Å². The molecule has 0 bridgehead atoms. The predicted molar refractivity (Wildman–Crippen MR) is 120 cm³/mol. The summed E-state index contributed by atoms with van der Waals surface area (Å²) in [6.45, 7) is 0. The Labute approximate surface area is 175 Å². The number of para-hydroxylation sites is 1. The van der Waals surface area contributed by atoms with Crippen LogP contribution in [0.3, 0.4) is 0 Å². The van der Waals surface area contributed by atoms with Crippen LogP contribution in [0.4, 0.5) is 11.4 Å². The first-order chi connectivity index (χ1) is 14.5. The lowest BCUT2D eigenvalue weighted by Gasteiger charge is -2.19. The maximum absolute atomic E-state index is 13.0. The highest BCUT2D eigenvalue weighted by molar-refractivity contribution is 7.92. The number of amides is 1. The Hall–Kier alpha value is -3.64. The van der Waals surface area contributed by atoms with Crippen LogP contribution >= 0.6 is 0 Å². The first kappa shape index (κ1) is 19.7. The van der Waals surface area contributed by atoms with Crippen LogP contribution in [-0.4, -0.2) is 21.4 Å². The summed E-state index contributed by atoms with van der Waals surface area (Å²) in [4.78, 5) is 12.9. The van der Waals surface area contributed by atoms with Crippen molar-refractivity contribution >= 4 is 38.1 Å². The van der Waals surface area contributed by atoms with E-state index in [0.717, 1.165) is 10.8 Å². The highest BCUT2D eigenvalue weighted by Crippen LogP contribution is 2.25. The van der Waals surface area contributed by atoms with Gasteiger partial charge in [0.05, 0.1) is 10.6 Å². The maximum atomic E-state index is 13.0. The van der Waals surface area contributed by atoms with Gasteiger partial charge in [-0.05, 0) is 41.8 Å². The first-order valence-electron chi connectivity index (χ1n) is 9.40. The highest BCUT2D eigenvalue weighted by atomic mass is 32.2. The second-order valence-electron chi connectivity index (χ2n) is 6.82. The lowest BCUT2D eigenvalue weighted by molar-refractivity contribution is 0.102. The maximum Gasteiger partial charge on any atom is 0.264 e. The summed E-state index contributed by atoms with van der Waals surface area (Å²) >= 11 is 0. The van der Waals surface area contributed by atoms with E-state index >= 15 is 0 Å². The molecule has 0 fully saturated rings. The van der Waals surface area contributed by atoms with Crippen molar-refractivity contribution in [2.45, 2.75) is 4.90 Å². The van der Waals surface area contributed by atoms with Gasteiger partial charge in [0.15, 0.2) is 0 Å². The number of nitrogens with one attached hydrogen (secondary N) is 1. The van der Waals surface area contributed by atoms with E-state index in [9.17, 15) is 13.2 Å². The highest BCUT2D eigenvalue weighted by Gasteiger charge is 2.22. The molecule has 6 heteroatoms. The lowest BCUT2D eigenvalue weighted by atomic mass is 10.1. The molecular formula is C24H20N2O3S.